The monoisotopic (exact) mass is 316 g/mol. The van der Waals surface area contributed by atoms with Crippen molar-refractivity contribution in [1.29, 1.82) is 0 Å². The molecule has 1 aromatic carbocycles. The highest BCUT2D eigenvalue weighted by Gasteiger charge is 2.09. The SMILES string of the molecule is O=C(CCc1ccccc1)NNc1nc(Cl)nc2nc[nH]c12. The Morgan fingerprint density at radius 2 is 2.05 bits per heavy atom. The minimum Gasteiger partial charge on any atom is -0.340 e. The first-order valence-electron chi connectivity index (χ1n) is 6.68. The van der Waals surface area contributed by atoms with E-state index in [0.29, 0.717) is 29.8 Å². The highest BCUT2D eigenvalue weighted by atomic mass is 35.5. The fourth-order valence-corrected chi connectivity index (χ4v) is 2.16. The molecule has 2 aromatic heterocycles. The molecule has 0 radical (unpaired) electrons. The lowest BCUT2D eigenvalue weighted by molar-refractivity contribution is -0.120. The molecule has 22 heavy (non-hydrogen) atoms. The van der Waals surface area contributed by atoms with Crippen LogP contribution in [-0.4, -0.2) is 25.8 Å². The van der Waals surface area contributed by atoms with Crippen molar-refractivity contribution >= 4 is 34.5 Å². The van der Waals surface area contributed by atoms with Gasteiger partial charge >= 0.3 is 0 Å². The summed E-state index contributed by atoms with van der Waals surface area (Å²) < 4.78 is 0. The lowest BCUT2D eigenvalue weighted by atomic mass is 10.1. The average molecular weight is 317 g/mol. The number of amides is 1. The number of halogens is 1. The van der Waals surface area contributed by atoms with Gasteiger partial charge in [-0.05, 0) is 23.6 Å². The van der Waals surface area contributed by atoms with Crippen molar-refractivity contribution in [2.24, 2.45) is 0 Å². The summed E-state index contributed by atoms with van der Waals surface area (Å²) in [6.45, 7) is 0. The first kappa shape index (κ1) is 14.3. The van der Waals surface area contributed by atoms with Gasteiger partial charge in [0.25, 0.3) is 0 Å². The second kappa shape index (κ2) is 6.40. The molecule has 1 amide bonds. The first-order chi connectivity index (χ1) is 10.7. The predicted octanol–water partition coefficient (Wildman–Crippen LogP) is 2.08. The van der Waals surface area contributed by atoms with Gasteiger partial charge in [-0.3, -0.25) is 15.6 Å². The summed E-state index contributed by atoms with van der Waals surface area (Å²) in [7, 11) is 0. The molecule has 112 valence electrons. The molecule has 0 atom stereocenters. The predicted molar refractivity (Wildman–Crippen MR) is 83.2 cm³/mol. The maximum Gasteiger partial charge on any atom is 0.238 e. The number of aromatic amines is 1. The second-order valence-electron chi connectivity index (χ2n) is 4.60. The molecule has 3 aromatic rings. The molecular weight excluding hydrogens is 304 g/mol. The van der Waals surface area contributed by atoms with E-state index in [1.54, 1.807) is 0 Å². The summed E-state index contributed by atoms with van der Waals surface area (Å²) in [5, 5.41) is 0.0561. The highest BCUT2D eigenvalue weighted by molar-refractivity contribution is 6.28. The van der Waals surface area contributed by atoms with Crippen LogP contribution in [0.4, 0.5) is 5.82 Å². The smallest absolute Gasteiger partial charge is 0.238 e. The lowest BCUT2D eigenvalue weighted by Gasteiger charge is -2.08. The number of H-pyrrole nitrogens is 1. The number of rotatable bonds is 5. The number of anilines is 1. The fourth-order valence-electron chi connectivity index (χ4n) is 1.99. The topological polar surface area (TPSA) is 95.6 Å². The Morgan fingerprint density at radius 3 is 2.86 bits per heavy atom. The molecule has 8 heteroatoms. The van der Waals surface area contributed by atoms with Crippen LogP contribution >= 0.6 is 11.6 Å². The van der Waals surface area contributed by atoms with Gasteiger partial charge in [-0.2, -0.15) is 9.97 Å². The zero-order valence-electron chi connectivity index (χ0n) is 11.5. The number of hydrogen-bond acceptors (Lipinski definition) is 5. The van der Waals surface area contributed by atoms with Crippen LogP contribution < -0.4 is 10.9 Å². The number of aromatic nitrogens is 4. The van der Waals surface area contributed by atoms with Crippen molar-refractivity contribution in [2.45, 2.75) is 12.8 Å². The van der Waals surface area contributed by atoms with Crippen LogP contribution in [0.2, 0.25) is 5.28 Å². The van der Waals surface area contributed by atoms with Crippen LogP contribution in [0, 0.1) is 0 Å². The maximum atomic E-state index is 11.9. The van der Waals surface area contributed by atoms with Crippen LogP contribution in [0.1, 0.15) is 12.0 Å². The van der Waals surface area contributed by atoms with Gasteiger partial charge < -0.3 is 4.98 Å². The molecule has 0 bridgehead atoms. The Bertz CT molecular complexity index is 788. The quantitative estimate of drug-likeness (QED) is 0.495. The maximum absolute atomic E-state index is 11.9. The van der Waals surface area contributed by atoms with E-state index in [0.717, 1.165) is 5.56 Å². The number of fused-ring (bicyclic) bond motifs is 1. The van der Waals surface area contributed by atoms with Crippen molar-refractivity contribution in [3.8, 4) is 0 Å². The molecule has 7 nitrogen and oxygen atoms in total. The van der Waals surface area contributed by atoms with Crippen molar-refractivity contribution in [3.63, 3.8) is 0 Å². The number of nitrogens with zero attached hydrogens (tertiary/aromatic N) is 3. The summed E-state index contributed by atoms with van der Waals surface area (Å²) in [5.41, 5.74) is 7.46. The molecule has 0 unspecified atom stereocenters. The number of imidazole rings is 1. The molecule has 0 saturated carbocycles. The van der Waals surface area contributed by atoms with Gasteiger partial charge in [0.05, 0.1) is 6.33 Å². The summed E-state index contributed by atoms with van der Waals surface area (Å²) >= 11 is 5.81. The van der Waals surface area contributed by atoms with E-state index in [2.05, 4.69) is 30.8 Å². The van der Waals surface area contributed by atoms with Crippen molar-refractivity contribution < 1.29 is 4.79 Å². The van der Waals surface area contributed by atoms with E-state index in [1.807, 2.05) is 30.3 Å². The summed E-state index contributed by atoms with van der Waals surface area (Å²) in [6, 6.07) is 9.81. The van der Waals surface area contributed by atoms with E-state index in [-0.39, 0.29) is 11.2 Å². The number of nitrogens with one attached hydrogen (secondary N) is 3. The molecule has 0 aliphatic heterocycles. The molecule has 3 rings (SSSR count). The van der Waals surface area contributed by atoms with E-state index < -0.39 is 0 Å². The third-order valence-corrected chi connectivity index (χ3v) is 3.23. The minimum atomic E-state index is -0.147. The van der Waals surface area contributed by atoms with Crippen LogP contribution in [0.25, 0.3) is 11.2 Å². The highest BCUT2D eigenvalue weighted by Crippen LogP contribution is 2.17. The van der Waals surface area contributed by atoms with Crippen LogP contribution in [0.15, 0.2) is 36.7 Å². The zero-order valence-corrected chi connectivity index (χ0v) is 12.3. The molecule has 0 saturated heterocycles. The van der Waals surface area contributed by atoms with Crippen molar-refractivity contribution in [1.82, 2.24) is 25.4 Å². The van der Waals surface area contributed by atoms with Crippen molar-refractivity contribution in [3.05, 3.63) is 47.5 Å². The van der Waals surface area contributed by atoms with E-state index in [1.165, 1.54) is 6.33 Å². The molecule has 0 aliphatic rings. The van der Waals surface area contributed by atoms with E-state index in [4.69, 9.17) is 11.6 Å². The number of aryl methyl sites for hydroxylation is 1. The standard InChI is InChI=1S/C14H13ClN6O/c15-14-18-12-11(16-8-17-12)13(19-14)21-20-10(22)7-6-9-4-2-1-3-5-9/h1-5,8H,6-7H2,(H,20,22)(H2,16,17,18,19,21). The Morgan fingerprint density at radius 1 is 1.23 bits per heavy atom. The normalized spacial score (nSPS) is 10.6. The van der Waals surface area contributed by atoms with Gasteiger partial charge in [0.15, 0.2) is 11.5 Å². The summed E-state index contributed by atoms with van der Waals surface area (Å²) in [6.07, 6.45) is 2.51. The Kier molecular flexibility index (Phi) is 4.15. The zero-order chi connectivity index (χ0) is 15.4. The average Bonchev–Trinajstić information content (AvgIpc) is 3.00. The van der Waals surface area contributed by atoms with Gasteiger partial charge in [-0.1, -0.05) is 30.3 Å². The molecular formula is C14H13ClN6O. The third kappa shape index (κ3) is 3.32. The number of hydrogen-bond donors (Lipinski definition) is 3. The van der Waals surface area contributed by atoms with Crippen LogP contribution in [-0.2, 0) is 11.2 Å². The first-order valence-corrected chi connectivity index (χ1v) is 7.05. The number of hydrazine groups is 1. The van der Waals surface area contributed by atoms with Gasteiger partial charge in [0, 0.05) is 6.42 Å². The van der Waals surface area contributed by atoms with Gasteiger partial charge in [0.1, 0.15) is 5.52 Å². The molecule has 0 fully saturated rings. The van der Waals surface area contributed by atoms with E-state index >= 15 is 0 Å². The van der Waals surface area contributed by atoms with Gasteiger partial charge in [-0.25, -0.2) is 4.98 Å². The summed E-state index contributed by atoms with van der Waals surface area (Å²) in [4.78, 5) is 26.7. The number of carbonyl (C=O) groups is 1. The molecule has 0 spiro atoms. The van der Waals surface area contributed by atoms with Crippen LogP contribution in [0.3, 0.4) is 0 Å². The summed E-state index contributed by atoms with van der Waals surface area (Å²) in [5.74, 6) is 0.229. The Balaban J connectivity index is 1.59. The molecule has 2 heterocycles. The minimum absolute atomic E-state index is 0.0561. The Labute approximate surface area is 131 Å². The van der Waals surface area contributed by atoms with E-state index in [9.17, 15) is 4.79 Å². The largest absolute Gasteiger partial charge is 0.340 e. The second-order valence-corrected chi connectivity index (χ2v) is 4.94. The molecule has 0 aliphatic carbocycles. The number of benzene rings is 1. The fraction of sp³-hybridized carbons (Fsp3) is 0.143. The van der Waals surface area contributed by atoms with Crippen LogP contribution in [0.5, 0.6) is 0 Å². The van der Waals surface area contributed by atoms with Gasteiger partial charge in [0.2, 0.25) is 11.2 Å². The lowest BCUT2D eigenvalue weighted by Crippen LogP contribution is -2.30. The number of carbonyl (C=O) groups excluding carboxylic acids is 1. The van der Waals surface area contributed by atoms with Gasteiger partial charge in [-0.15, -0.1) is 0 Å². The van der Waals surface area contributed by atoms with Crippen molar-refractivity contribution in [2.75, 3.05) is 5.43 Å². The third-order valence-electron chi connectivity index (χ3n) is 3.06. The Hall–Kier alpha value is -2.67. The molecule has 3 N–H and O–H groups in total.